The molecular weight excluding hydrogens is 264 g/mol. The van der Waals surface area contributed by atoms with Gasteiger partial charge in [0.2, 0.25) is 0 Å². The number of benzene rings is 1. The smallest absolute Gasteiger partial charge is 0.0972 e. The Bertz CT molecular complexity index is 566. The average molecular weight is 288 g/mol. The molecule has 1 aromatic carbocycles. The lowest BCUT2D eigenvalue weighted by Crippen LogP contribution is -2.11. The van der Waals surface area contributed by atoms with Crippen LogP contribution in [0.25, 0.3) is 0 Å². The Hall–Kier alpha value is -1.19. The van der Waals surface area contributed by atoms with E-state index in [4.69, 9.17) is 10.7 Å². The zero-order valence-corrected chi connectivity index (χ0v) is 13.6. The molecule has 1 atom stereocenters. The van der Waals surface area contributed by atoms with Crippen LogP contribution < -0.4 is 5.73 Å². The van der Waals surface area contributed by atoms with Gasteiger partial charge in [0, 0.05) is 23.3 Å². The third-order valence-electron chi connectivity index (χ3n) is 3.49. The van der Waals surface area contributed by atoms with Crippen LogP contribution in [0, 0.1) is 0 Å². The van der Waals surface area contributed by atoms with Crippen molar-refractivity contribution >= 4 is 11.3 Å². The lowest BCUT2D eigenvalue weighted by molar-refractivity contribution is 0.571. The topological polar surface area (TPSA) is 38.9 Å². The summed E-state index contributed by atoms with van der Waals surface area (Å²) in [7, 11) is 0. The molecule has 1 heterocycles. The van der Waals surface area contributed by atoms with Crippen LogP contribution in [-0.4, -0.2) is 4.98 Å². The second kappa shape index (κ2) is 6.06. The molecule has 0 aliphatic heterocycles. The van der Waals surface area contributed by atoms with Gasteiger partial charge in [-0.3, -0.25) is 0 Å². The number of nitrogens with two attached hydrogens (primary N) is 1. The van der Waals surface area contributed by atoms with Crippen molar-refractivity contribution in [3.05, 3.63) is 51.5 Å². The lowest BCUT2D eigenvalue weighted by atomic mass is 9.93. The fraction of sp³-hybridized carbons (Fsp3) is 0.471. The van der Waals surface area contributed by atoms with E-state index in [9.17, 15) is 0 Å². The molecule has 2 aromatic rings. The Balaban J connectivity index is 2.16. The zero-order chi connectivity index (χ0) is 14.8. The molecule has 0 aliphatic carbocycles. The van der Waals surface area contributed by atoms with Crippen molar-refractivity contribution < 1.29 is 0 Å². The average Bonchev–Trinajstić information content (AvgIpc) is 2.86. The summed E-state index contributed by atoms with van der Waals surface area (Å²) < 4.78 is 0. The molecule has 0 radical (unpaired) electrons. The quantitative estimate of drug-likeness (QED) is 0.903. The number of hydrogen-bond donors (Lipinski definition) is 1. The van der Waals surface area contributed by atoms with Gasteiger partial charge in [0.05, 0.1) is 10.7 Å². The minimum absolute atomic E-state index is 0.126. The molecule has 2 rings (SSSR count). The third kappa shape index (κ3) is 3.68. The first kappa shape index (κ1) is 15.2. The molecule has 0 aliphatic rings. The summed E-state index contributed by atoms with van der Waals surface area (Å²) >= 11 is 1.75. The van der Waals surface area contributed by atoms with E-state index >= 15 is 0 Å². The molecule has 0 fully saturated rings. The highest BCUT2D eigenvalue weighted by Crippen LogP contribution is 2.25. The number of aromatic nitrogens is 1. The van der Waals surface area contributed by atoms with Crippen molar-refractivity contribution in [1.29, 1.82) is 0 Å². The Morgan fingerprint density at radius 1 is 1.30 bits per heavy atom. The predicted octanol–water partition coefficient (Wildman–Crippen LogP) is 4.44. The van der Waals surface area contributed by atoms with Gasteiger partial charge < -0.3 is 5.73 Å². The maximum atomic E-state index is 6.10. The molecule has 20 heavy (non-hydrogen) atoms. The molecule has 0 saturated heterocycles. The number of rotatable bonds is 4. The summed E-state index contributed by atoms with van der Waals surface area (Å²) in [5.41, 5.74) is 9.92. The molecule has 2 N–H and O–H groups in total. The van der Waals surface area contributed by atoms with Crippen molar-refractivity contribution in [3.8, 4) is 0 Å². The molecule has 0 amide bonds. The third-order valence-corrected chi connectivity index (χ3v) is 4.34. The fourth-order valence-electron chi connectivity index (χ4n) is 2.08. The minimum atomic E-state index is 0.126. The number of thiazole rings is 1. The summed E-state index contributed by atoms with van der Waals surface area (Å²) in [5.74, 6) is 0. The van der Waals surface area contributed by atoms with Gasteiger partial charge >= 0.3 is 0 Å². The van der Waals surface area contributed by atoms with Crippen molar-refractivity contribution in [3.63, 3.8) is 0 Å². The molecule has 1 unspecified atom stereocenters. The first-order valence-electron chi connectivity index (χ1n) is 7.19. The van der Waals surface area contributed by atoms with E-state index in [0.717, 1.165) is 12.8 Å². The maximum Gasteiger partial charge on any atom is 0.0972 e. The van der Waals surface area contributed by atoms with Crippen LogP contribution in [0.4, 0.5) is 0 Å². The van der Waals surface area contributed by atoms with Crippen LogP contribution in [0.1, 0.15) is 62.0 Å². The van der Waals surface area contributed by atoms with E-state index in [1.54, 1.807) is 11.3 Å². The lowest BCUT2D eigenvalue weighted by Gasteiger charge is -2.14. The summed E-state index contributed by atoms with van der Waals surface area (Å²) in [6, 6.07) is 8.71. The summed E-state index contributed by atoms with van der Waals surface area (Å²) in [6.45, 7) is 8.72. The van der Waals surface area contributed by atoms with E-state index < -0.39 is 0 Å². The summed E-state index contributed by atoms with van der Waals surface area (Å²) in [6.07, 6.45) is 1.86. The number of nitrogens with zero attached hydrogens (tertiary/aromatic N) is 1. The molecule has 0 spiro atoms. The van der Waals surface area contributed by atoms with Gasteiger partial charge in [0.25, 0.3) is 0 Å². The normalized spacial score (nSPS) is 13.4. The Morgan fingerprint density at radius 3 is 2.65 bits per heavy atom. The molecule has 0 saturated carbocycles. The highest BCUT2D eigenvalue weighted by molar-refractivity contribution is 7.09. The first-order chi connectivity index (χ1) is 9.40. The molecule has 2 nitrogen and oxygen atoms in total. The maximum absolute atomic E-state index is 6.10. The Labute approximate surface area is 126 Å². The van der Waals surface area contributed by atoms with Crippen LogP contribution in [0.5, 0.6) is 0 Å². The van der Waals surface area contributed by atoms with Crippen LogP contribution >= 0.6 is 11.3 Å². The Morgan fingerprint density at radius 2 is 2.05 bits per heavy atom. The highest BCUT2D eigenvalue weighted by atomic mass is 32.1. The van der Waals surface area contributed by atoms with Crippen molar-refractivity contribution in [2.75, 3.05) is 0 Å². The van der Waals surface area contributed by atoms with Gasteiger partial charge in [-0.1, -0.05) is 52.0 Å². The molecule has 0 bridgehead atoms. The van der Waals surface area contributed by atoms with Crippen molar-refractivity contribution in [1.82, 2.24) is 4.98 Å². The second-order valence-corrected chi connectivity index (χ2v) is 7.26. The van der Waals surface area contributed by atoms with E-state index in [1.807, 2.05) is 0 Å². The second-order valence-electron chi connectivity index (χ2n) is 6.31. The number of hydrogen-bond acceptors (Lipinski definition) is 3. The van der Waals surface area contributed by atoms with Crippen LogP contribution in [0.15, 0.2) is 29.6 Å². The molecule has 108 valence electrons. The molecule has 1 aromatic heterocycles. The standard InChI is InChI=1S/C17H24N2S/c1-5-14(18)13-8-6-7-12(9-13)10-16-19-15(11-20-16)17(2,3)4/h6-9,11,14H,5,10,18H2,1-4H3. The van der Waals surface area contributed by atoms with Gasteiger partial charge in [0.1, 0.15) is 0 Å². The fourth-order valence-corrected chi connectivity index (χ4v) is 3.14. The summed E-state index contributed by atoms with van der Waals surface area (Å²) in [5, 5.41) is 3.36. The van der Waals surface area contributed by atoms with E-state index in [-0.39, 0.29) is 11.5 Å². The van der Waals surface area contributed by atoms with E-state index in [0.29, 0.717) is 0 Å². The molecule has 3 heteroatoms. The van der Waals surface area contributed by atoms with Gasteiger partial charge in [-0.25, -0.2) is 4.98 Å². The van der Waals surface area contributed by atoms with Gasteiger partial charge in [0.15, 0.2) is 0 Å². The predicted molar refractivity (Wildman–Crippen MR) is 87.3 cm³/mol. The minimum Gasteiger partial charge on any atom is -0.324 e. The van der Waals surface area contributed by atoms with E-state index in [2.05, 4.69) is 57.3 Å². The van der Waals surface area contributed by atoms with Gasteiger partial charge in [-0.15, -0.1) is 11.3 Å². The largest absolute Gasteiger partial charge is 0.324 e. The monoisotopic (exact) mass is 288 g/mol. The van der Waals surface area contributed by atoms with Crippen molar-refractivity contribution in [2.45, 2.75) is 52.0 Å². The van der Waals surface area contributed by atoms with E-state index in [1.165, 1.54) is 21.8 Å². The van der Waals surface area contributed by atoms with Crippen molar-refractivity contribution in [2.24, 2.45) is 5.73 Å². The van der Waals surface area contributed by atoms with Gasteiger partial charge in [-0.05, 0) is 17.5 Å². The first-order valence-corrected chi connectivity index (χ1v) is 8.07. The van der Waals surface area contributed by atoms with Gasteiger partial charge in [-0.2, -0.15) is 0 Å². The SMILES string of the molecule is CCC(N)c1cccc(Cc2nc(C(C)(C)C)cs2)c1. The highest BCUT2D eigenvalue weighted by Gasteiger charge is 2.17. The summed E-state index contributed by atoms with van der Waals surface area (Å²) in [4.78, 5) is 4.76. The zero-order valence-electron chi connectivity index (χ0n) is 12.8. The van der Waals surface area contributed by atoms with Crippen LogP contribution in [-0.2, 0) is 11.8 Å². The van der Waals surface area contributed by atoms with Crippen LogP contribution in [0.3, 0.4) is 0 Å². The molecular formula is C17H24N2S. The van der Waals surface area contributed by atoms with Crippen LogP contribution in [0.2, 0.25) is 0 Å². The Kier molecular flexibility index (Phi) is 4.61.